The van der Waals surface area contributed by atoms with Gasteiger partial charge in [-0.2, -0.15) is 0 Å². The fourth-order valence-electron chi connectivity index (χ4n) is 2.42. The summed E-state index contributed by atoms with van der Waals surface area (Å²) in [6.45, 7) is 2.45. The lowest BCUT2D eigenvalue weighted by atomic mass is 10.1. The standard InChI is InChI=1S/C18H20N4O4/c23-17-13-1-3-19-15(11-13)16-12-14(2-4-20-16)18(24)22-6-8-26-10-9-25-7-5-21-17/h1-4,11-12H,5-10H2,(H,21,23)(H,22,24). The van der Waals surface area contributed by atoms with Gasteiger partial charge in [0.2, 0.25) is 0 Å². The topological polar surface area (TPSA) is 102 Å². The molecular formula is C18H20N4O4. The molecule has 8 heteroatoms. The molecule has 136 valence electrons. The van der Waals surface area contributed by atoms with E-state index in [2.05, 4.69) is 20.6 Å². The van der Waals surface area contributed by atoms with E-state index in [1.807, 2.05) is 0 Å². The van der Waals surface area contributed by atoms with Gasteiger partial charge in [0, 0.05) is 36.6 Å². The summed E-state index contributed by atoms with van der Waals surface area (Å²) in [6.07, 6.45) is 3.09. The van der Waals surface area contributed by atoms with Gasteiger partial charge < -0.3 is 20.1 Å². The number of ether oxygens (including phenoxy) is 2. The van der Waals surface area contributed by atoms with E-state index in [9.17, 15) is 9.59 Å². The number of carbonyl (C=O) groups excluding carboxylic acids is 2. The van der Waals surface area contributed by atoms with Crippen LogP contribution in [-0.4, -0.2) is 61.3 Å². The van der Waals surface area contributed by atoms with Crippen molar-refractivity contribution in [2.75, 3.05) is 39.5 Å². The van der Waals surface area contributed by atoms with Crippen molar-refractivity contribution in [1.29, 1.82) is 0 Å². The zero-order chi connectivity index (χ0) is 18.2. The van der Waals surface area contributed by atoms with Crippen molar-refractivity contribution in [2.45, 2.75) is 0 Å². The molecule has 2 amide bonds. The molecule has 0 aromatic carbocycles. The molecule has 3 rings (SSSR count). The van der Waals surface area contributed by atoms with Crippen LogP contribution in [0.4, 0.5) is 0 Å². The van der Waals surface area contributed by atoms with Gasteiger partial charge in [0.05, 0.1) is 37.8 Å². The first-order chi connectivity index (χ1) is 12.7. The summed E-state index contributed by atoms with van der Waals surface area (Å²) in [5.41, 5.74) is 1.98. The van der Waals surface area contributed by atoms with E-state index in [4.69, 9.17) is 9.47 Å². The molecule has 0 spiro atoms. The molecule has 0 saturated heterocycles. The van der Waals surface area contributed by atoms with Gasteiger partial charge in [-0.15, -0.1) is 0 Å². The molecule has 0 atom stereocenters. The second kappa shape index (κ2) is 9.02. The third-order valence-electron chi connectivity index (χ3n) is 3.74. The summed E-state index contributed by atoms with van der Waals surface area (Å²) in [4.78, 5) is 33.0. The van der Waals surface area contributed by atoms with E-state index in [0.29, 0.717) is 62.0 Å². The molecule has 26 heavy (non-hydrogen) atoms. The van der Waals surface area contributed by atoms with Crippen LogP contribution in [0.5, 0.6) is 0 Å². The lowest BCUT2D eigenvalue weighted by Crippen LogP contribution is -2.29. The molecule has 0 unspecified atom stereocenters. The highest BCUT2D eigenvalue weighted by Gasteiger charge is 2.11. The molecule has 8 nitrogen and oxygen atoms in total. The van der Waals surface area contributed by atoms with Gasteiger partial charge in [-0.1, -0.05) is 0 Å². The minimum Gasteiger partial charge on any atom is -0.377 e. The number of carbonyl (C=O) groups is 2. The maximum absolute atomic E-state index is 12.2. The minimum atomic E-state index is -0.219. The van der Waals surface area contributed by atoms with E-state index >= 15 is 0 Å². The van der Waals surface area contributed by atoms with Gasteiger partial charge in [0.1, 0.15) is 0 Å². The Hall–Kier alpha value is -2.84. The fraction of sp³-hybridized carbons (Fsp3) is 0.333. The van der Waals surface area contributed by atoms with E-state index in [1.165, 1.54) is 0 Å². The number of nitrogens with one attached hydrogen (secondary N) is 2. The van der Waals surface area contributed by atoms with Crippen LogP contribution >= 0.6 is 0 Å². The summed E-state index contributed by atoms with van der Waals surface area (Å²) in [6, 6.07) is 6.55. The van der Waals surface area contributed by atoms with Gasteiger partial charge in [-0.05, 0) is 24.3 Å². The Balaban J connectivity index is 1.85. The maximum Gasteiger partial charge on any atom is 0.251 e. The normalized spacial score (nSPS) is 16.8. The van der Waals surface area contributed by atoms with Crippen LogP contribution in [0.3, 0.4) is 0 Å². The van der Waals surface area contributed by atoms with Crippen LogP contribution in [-0.2, 0) is 9.47 Å². The van der Waals surface area contributed by atoms with Gasteiger partial charge in [-0.3, -0.25) is 19.6 Å². The first kappa shape index (κ1) is 18.0. The molecular weight excluding hydrogens is 336 g/mol. The number of pyridine rings is 2. The second-order valence-corrected chi connectivity index (χ2v) is 5.60. The number of hydrogen-bond acceptors (Lipinski definition) is 6. The van der Waals surface area contributed by atoms with Crippen molar-refractivity contribution >= 4 is 11.8 Å². The first-order valence-electron chi connectivity index (χ1n) is 8.38. The predicted molar refractivity (Wildman–Crippen MR) is 93.8 cm³/mol. The van der Waals surface area contributed by atoms with Crippen LogP contribution in [0.1, 0.15) is 20.7 Å². The van der Waals surface area contributed by atoms with Crippen molar-refractivity contribution in [3.63, 3.8) is 0 Å². The number of fused-ring (bicyclic) bond motifs is 5. The lowest BCUT2D eigenvalue weighted by molar-refractivity contribution is 0.0486. The molecule has 1 aliphatic heterocycles. The number of rotatable bonds is 0. The maximum atomic E-state index is 12.2. The highest BCUT2D eigenvalue weighted by atomic mass is 16.5. The Labute approximate surface area is 150 Å². The highest BCUT2D eigenvalue weighted by molar-refractivity contribution is 5.96. The third kappa shape index (κ3) is 4.84. The Bertz CT molecular complexity index is 716. The van der Waals surface area contributed by atoms with Crippen molar-refractivity contribution < 1.29 is 19.1 Å². The molecule has 2 aromatic heterocycles. The van der Waals surface area contributed by atoms with Crippen molar-refractivity contribution in [2.24, 2.45) is 0 Å². The molecule has 0 radical (unpaired) electrons. The Morgan fingerprint density at radius 3 is 1.65 bits per heavy atom. The summed E-state index contributed by atoms with van der Waals surface area (Å²) in [5.74, 6) is -0.438. The third-order valence-corrected chi connectivity index (χ3v) is 3.74. The van der Waals surface area contributed by atoms with Gasteiger partial charge >= 0.3 is 0 Å². The van der Waals surface area contributed by atoms with E-state index < -0.39 is 0 Å². The van der Waals surface area contributed by atoms with Gasteiger partial charge in [0.15, 0.2) is 0 Å². The van der Waals surface area contributed by atoms with Crippen LogP contribution in [0.25, 0.3) is 11.4 Å². The molecule has 2 N–H and O–H groups in total. The van der Waals surface area contributed by atoms with Crippen molar-refractivity contribution in [3.8, 4) is 11.4 Å². The van der Waals surface area contributed by atoms with E-state index in [1.54, 1.807) is 36.7 Å². The van der Waals surface area contributed by atoms with Gasteiger partial charge in [-0.25, -0.2) is 0 Å². The predicted octanol–water partition coefficient (Wildman–Crippen LogP) is 0.650. The van der Waals surface area contributed by atoms with Crippen LogP contribution in [0.2, 0.25) is 0 Å². The first-order valence-corrected chi connectivity index (χ1v) is 8.38. The summed E-state index contributed by atoms with van der Waals surface area (Å²) in [5, 5.41) is 5.58. The molecule has 0 aliphatic carbocycles. The van der Waals surface area contributed by atoms with Crippen LogP contribution < -0.4 is 10.6 Å². The molecule has 1 aliphatic rings. The fourth-order valence-corrected chi connectivity index (χ4v) is 2.42. The second-order valence-electron chi connectivity index (χ2n) is 5.60. The molecule has 2 aromatic rings. The lowest BCUT2D eigenvalue weighted by Gasteiger charge is -2.10. The smallest absolute Gasteiger partial charge is 0.251 e. The average Bonchev–Trinajstić information content (AvgIpc) is 2.68. The summed E-state index contributed by atoms with van der Waals surface area (Å²) >= 11 is 0. The van der Waals surface area contributed by atoms with Gasteiger partial charge in [0.25, 0.3) is 11.8 Å². The number of hydrogen-bond donors (Lipinski definition) is 2. The zero-order valence-corrected chi connectivity index (χ0v) is 14.2. The molecule has 0 fully saturated rings. The minimum absolute atomic E-state index is 0.219. The highest BCUT2D eigenvalue weighted by Crippen LogP contribution is 2.17. The monoisotopic (exact) mass is 356 g/mol. The van der Waals surface area contributed by atoms with E-state index in [-0.39, 0.29) is 11.8 Å². The Morgan fingerprint density at radius 2 is 1.19 bits per heavy atom. The SMILES string of the molecule is O=C1NCCOCCOCCNC(=O)c2ccnc(c2)-c2cc1ccn2. The average molecular weight is 356 g/mol. The Kier molecular flexibility index (Phi) is 6.24. The van der Waals surface area contributed by atoms with E-state index in [0.717, 1.165) is 0 Å². The van der Waals surface area contributed by atoms with Crippen molar-refractivity contribution in [1.82, 2.24) is 20.6 Å². The quantitative estimate of drug-likeness (QED) is 0.719. The van der Waals surface area contributed by atoms with Crippen molar-refractivity contribution in [3.05, 3.63) is 47.8 Å². The van der Waals surface area contributed by atoms with Crippen LogP contribution in [0, 0.1) is 0 Å². The summed E-state index contributed by atoms with van der Waals surface area (Å²) in [7, 11) is 0. The number of aromatic nitrogens is 2. The summed E-state index contributed by atoms with van der Waals surface area (Å²) < 4.78 is 10.8. The molecule has 4 bridgehead atoms. The largest absolute Gasteiger partial charge is 0.377 e. The number of nitrogens with zero attached hydrogens (tertiary/aromatic N) is 2. The van der Waals surface area contributed by atoms with Crippen LogP contribution in [0.15, 0.2) is 36.7 Å². The molecule has 0 saturated carbocycles. The zero-order valence-electron chi connectivity index (χ0n) is 14.2. The Morgan fingerprint density at radius 1 is 0.731 bits per heavy atom. The molecule has 3 heterocycles. The number of amides is 2.